The summed E-state index contributed by atoms with van der Waals surface area (Å²) in [6.07, 6.45) is 5.38. The molecular formula is C19H31NO3. The van der Waals surface area contributed by atoms with Crippen molar-refractivity contribution in [1.82, 2.24) is 5.32 Å². The van der Waals surface area contributed by atoms with Crippen molar-refractivity contribution in [3.8, 4) is 0 Å². The Kier molecular flexibility index (Phi) is 10.3. The Morgan fingerprint density at radius 3 is 2.52 bits per heavy atom. The van der Waals surface area contributed by atoms with Gasteiger partial charge in [-0.2, -0.15) is 0 Å². The maximum Gasteiger partial charge on any atom is 0.220 e. The molecule has 0 aromatic heterocycles. The van der Waals surface area contributed by atoms with Gasteiger partial charge < -0.3 is 15.2 Å². The Labute approximate surface area is 140 Å². The molecule has 2 N–H and O–H groups in total. The number of unbranched alkanes of at least 4 members (excludes halogenated alkanes) is 3. The summed E-state index contributed by atoms with van der Waals surface area (Å²) in [5, 5.41) is 12.5. The van der Waals surface area contributed by atoms with Gasteiger partial charge in [0.25, 0.3) is 0 Å². The Morgan fingerprint density at radius 1 is 1.17 bits per heavy atom. The predicted octanol–water partition coefficient (Wildman–Crippen LogP) is 3.43. The van der Waals surface area contributed by atoms with E-state index >= 15 is 0 Å². The number of nitrogens with one attached hydrogen (secondary N) is 1. The third-order valence-corrected chi connectivity index (χ3v) is 3.96. The van der Waals surface area contributed by atoms with Gasteiger partial charge in [0.05, 0.1) is 25.4 Å². The lowest BCUT2D eigenvalue weighted by Gasteiger charge is -2.26. The van der Waals surface area contributed by atoms with Gasteiger partial charge in [-0.3, -0.25) is 4.79 Å². The molecule has 0 spiro atoms. The number of aliphatic hydroxyl groups excluding tert-OH is 1. The lowest BCUT2D eigenvalue weighted by Crippen LogP contribution is -2.46. The van der Waals surface area contributed by atoms with Gasteiger partial charge in [0, 0.05) is 6.42 Å². The minimum Gasteiger partial charge on any atom is -0.394 e. The number of carbonyl (C=O) groups is 1. The fourth-order valence-electron chi connectivity index (χ4n) is 2.54. The molecule has 0 saturated carbocycles. The number of hydrogen-bond acceptors (Lipinski definition) is 3. The Hall–Kier alpha value is -1.39. The lowest BCUT2D eigenvalue weighted by molar-refractivity contribution is -0.124. The molecule has 1 amide bonds. The standard InChI is InChI=1S/C19H31NO3/c1-3-5-6-10-13-19(22)20-17(14-21)18(4-2)23-15-16-11-8-7-9-12-16/h7-9,11-12,17-18,21H,3-6,10,13-15H2,1-2H3,(H,20,22). The average Bonchev–Trinajstić information content (AvgIpc) is 2.59. The summed E-state index contributed by atoms with van der Waals surface area (Å²) in [5.74, 6) is 0.00177. The summed E-state index contributed by atoms with van der Waals surface area (Å²) in [6.45, 7) is 4.54. The van der Waals surface area contributed by atoms with Crippen molar-refractivity contribution in [3.63, 3.8) is 0 Å². The van der Waals surface area contributed by atoms with Crippen LogP contribution in [-0.4, -0.2) is 29.8 Å². The average molecular weight is 321 g/mol. The molecule has 4 heteroatoms. The second kappa shape index (κ2) is 12.1. The SMILES string of the molecule is CCCCCCC(=O)NC(CO)C(CC)OCc1ccccc1. The van der Waals surface area contributed by atoms with E-state index in [1.165, 1.54) is 0 Å². The molecule has 1 rings (SSSR count). The van der Waals surface area contributed by atoms with Crippen LogP contribution in [0.25, 0.3) is 0 Å². The summed E-state index contributed by atoms with van der Waals surface area (Å²) in [4.78, 5) is 12.0. The number of aliphatic hydroxyl groups is 1. The first-order valence-corrected chi connectivity index (χ1v) is 8.77. The molecule has 0 aliphatic heterocycles. The molecule has 0 aliphatic rings. The van der Waals surface area contributed by atoms with Gasteiger partial charge in [-0.15, -0.1) is 0 Å². The summed E-state index contributed by atoms with van der Waals surface area (Å²) in [5.41, 5.74) is 1.09. The molecule has 1 aromatic carbocycles. The minimum atomic E-state index is -0.345. The highest BCUT2D eigenvalue weighted by molar-refractivity contribution is 5.76. The summed E-state index contributed by atoms with van der Waals surface area (Å²) >= 11 is 0. The molecule has 0 saturated heterocycles. The van der Waals surface area contributed by atoms with E-state index in [0.29, 0.717) is 13.0 Å². The highest BCUT2D eigenvalue weighted by Gasteiger charge is 2.21. The van der Waals surface area contributed by atoms with Gasteiger partial charge in [0.2, 0.25) is 5.91 Å². The van der Waals surface area contributed by atoms with E-state index in [0.717, 1.165) is 37.7 Å². The van der Waals surface area contributed by atoms with E-state index in [4.69, 9.17) is 4.74 Å². The summed E-state index contributed by atoms with van der Waals surface area (Å²) in [7, 11) is 0. The number of amides is 1. The fraction of sp³-hybridized carbons (Fsp3) is 0.632. The molecule has 0 radical (unpaired) electrons. The second-order valence-electron chi connectivity index (χ2n) is 5.91. The smallest absolute Gasteiger partial charge is 0.220 e. The van der Waals surface area contributed by atoms with Crippen molar-refractivity contribution < 1.29 is 14.6 Å². The maximum atomic E-state index is 12.0. The van der Waals surface area contributed by atoms with Crippen molar-refractivity contribution in [3.05, 3.63) is 35.9 Å². The Morgan fingerprint density at radius 2 is 1.91 bits per heavy atom. The van der Waals surface area contributed by atoms with Crippen LogP contribution in [0.15, 0.2) is 30.3 Å². The quantitative estimate of drug-likeness (QED) is 0.580. The molecule has 2 atom stereocenters. The number of hydrogen-bond donors (Lipinski definition) is 2. The molecule has 1 aromatic rings. The highest BCUT2D eigenvalue weighted by atomic mass is 16.5. The molecule has 0 fully saturated rings. The molecule has 0 bridgehead atoms. The number of carbonyl (C=O) groups excluding carboxylic acids is 1. The summed E-state index contributed by atoms with van der Waals surface area (Å²) in [6, 6.07) is 9.58. The van der Waals surface area contributed by atoms with Crippen LogP contribution in [0.1, 0.15) is 57.9 Å². The van der Waals surface area contributed by atoms with Crippen molar-refractivity contribution in [2.45, 2.75) is 71.1 Å². The van der Waals surface area contributed by atoms with Crippen LogP contribution in [0.5, 0.6) is 0 Å². The van der Waals surface area contributed by atoms with Crippen LogP contribution >= 0.6 is 0 Å². The monoisotopic (exact) mass is 321 g/mol. The van der Waals surface area contributed by atoms with E-state index < -0.39 is 0 Å². The van der Waals surface area contributed by atoms with E-state index in [9.17, 15) is 9.90 Å². The van der Waals surface area contributed by atoms with Crippen LogP contribution in [-0.2, 0) is 16.1 Å². The molecular weight excluding hydrogens is 290 g/mol. The summed E-state index contributed by atoms with van der Waals surface area (Å²) < 4.78 is 5.90. The van der Waals surface area contributed by atoms with Crippen molar-refractivity contribution >= 4 is 5.91 Å². The van der Waals surface area contributed by atoms with E-state index in [2.05, 4.69) is 12.2 Å². The minimum absolute atomic E-state index is 0.00177. The van der Waals surface area contributed by atoms with Crippen LogP contribution in [0, 0.1) is 0 Å². The number of benzene rings is 1. The first kappa shape index (κ1) is 19.7. The first-order valence-electron chi connectivity index (χ1n) is 8.77. The zero-order chi connectivity index (χ0) is 16.9. The van der Waals surface area contributed by atoms with Gasteiger partial charge in [0.15, 0.2) is 0 Å². The molecule has 4 nitrogen and oxygen atoms in total. The molecule has 23 heavy (non-hydrogen) atoms. The molecule has 130 valence electrons. The molecule has 0 heterocycles. The highest BCUT2D eigenvalue weighted by Crippen LogP contribution is 2.10. The molecule has 2 unspecified atom stereocenters. The Bertz CT molecular complexity index is 422. The van der Waals surface area contributed by atoms with Gasteiger partial charge in [-0.25, -0.2) is 0 Å². The van der Waals surface area contributed by atoms with Gasteiger partial charge in [-0.05, 0) is 18.4 Å². The van der Waals surface area contributed by atoms with E-state index in [1.807, 2.05) is 37.3 Å². The lowest BCUT2D eigenvalue weighted by atomic mass is 10.1. The zero-order valence-electron chi connectivity index (χ0n) is 14.5. The normalized spacial score (nSPS) is 13.5. The topological polar surface area (TPSA) is 58.6 Å². The van der Waals surface area contributed by atoms with Crippen LogP contribution < -0.4 is 5.32 Å². The second-order valence-corrected chi connectivity index (χ2v) is 5.91. The third kappa shape index (κ3) is 8.14. The maximum absolute atomic E-state index is 12.0. The van der Waals surface area contributed by atoms with E-state index in [1.54, 1.807) is 0 Å². The zero-order valence-corrected chi connectivity index (χ0v) is 14.5. The fourth-order valence-corrected chi connectivity index (χ4v) is 2.54. The predicted molar refractivity (Wildman–Crippen MR) is 93.1 cm³/mol. The van der Waals surface area contributed by atoms with Crippen LogP contribution in [0.2, 0.25) is 0 Å². The largest absolute Gasteiger partial charge is 0.394 e. The van der Waals surface area contributed by atoms with E-state index in [-0.39, 0.29) is 24.7 Å². The van der Waals surface area contributed by atoms with Crippen molar-refractivity contribution in [1.29, 1.82) is 0 Å². The van der Waals surface area contributed by atoms with Crippen LogP contribution in [0.4, 0.5) is 0 Å². The van der Waals surface area contributed by atoms with Gasteiger partial charge in [-0.1, -0.05) is 63.4 Å². The van der Waals surface area contributed by atoms with Gasteiger partial charge in [0.1, 0.15) is 0 Å². The van der Waals surface area contributed by atoms with Gasteiger partial charge >= 0.3 is 0 Å². The van der Waals surface area contributed by atoms with Crippen LogP contribution in [0.3, 0.4) is 0 Å². The molecule has 0 aliphatic carbocycles. The number of ether oxygens (including phenoxy) is 1. The third-order valence-electron chi connectivity index (χ3n) is 3.96. The number of rotatable bonds is 12. The first-order chi connectivity index (χ1) is 11.2. The Balaban J connectivity index is 2.41. The van der Waals surface area contributed by atoms with Crippen molar-refractivity contribution in [2.75, 3.05) is 6.61 Å². The van der Waals surface area contributed by atoms with Crippen molar-refractivity contribution in [2.24, 2.45) is 0 Å².